The van der Waals surface area contributed by atoms with Gasteiger partial charge in [-0.1, -0.05) is 44.0 Å². The van der Waals surface area contributed by atoms with Crippen LogP contribution in [0.25, 0.3) is 11.3 Å². The molecule has 386 valence electrons. The Balaban J connectivity index is 0.689. The van der Waals surface area contributed by atoms with Gasteiger partial charge in [0.1, 0.15) is 17.8 Å². The fourth-order valence-electron chi connectivity index (χ4n) is 12.5. The van der Waals surface area contributed by atoms with Gasteiger partial charge in [-0.2, -0.15) is 0 Å². The summed E-state index contributed by atoms with van der Waals surface area (Å²) in [5, 5.41) is 49.5. The van der Waals surface area contributed by atoms with Gasteiger partial charge in [-0.15, -0.1) is 16.6 Å². The zero-order valence-electron chi connectivity index (χ0n) is 42.3. The van der Waals surface area contributed by atoms with E-state index < -0.39 is 29.5 Å². The van der Waals surface area contributed by atoms with Crippen molar-refractivity contribution in [1.29, 1.82) is 0 Å². The molecule has 6 N–H and O–H groups in total. The van der Waals surface area contributed by atoms with Crippen LogP contribution >= 0.6 is 0 Å². The molecule has 4 aliphatic heterocycles. The van der Waals surface area contributed by atoms with Gasteiger partial charge in [-0.3, -0.25) is 19.3 Å². The van der Waals surface area contributed by atoms with Crippen molar-refractivity contribution in [2.75, 3.05) is 79.0 Å². The first-order chi connectivity index (χ1) is 35.2. The van der Waals surface area contributed by atoms with Crippen LogP contribution in [0.1, 0.15) is 83.3 Å². The Bertz CT molecular complexity index is 2680. The zero-order valence-corrected chi connectivity index (χ0v) is 42.3. The van der Waals surface area contributed by atoms with E-state index in [1.165, 1.54) is 4.90 Å². The molecule has 10 rings (SSSR count). The van der Waals surface area contributed by atoms with E-state index in [0.29, 0.717) is 23.3 Å². The summed E-state index contributed by atoms with van der Waals surface area (Å²) >= 11 is 0. The number of phenols is 1. The number of aromatic hydroxyl groups is 1. The lowest BCUT2D eigenvalue weighted by Crippen LogP contribution is -2.61. The minimum atomic E-state index is -0.989. The summed E-state index contributed by atoms with van der Waals surface area (Å²) in [6.45, 7) is 11.9. The van der Waals surface area contributed by atoms with Crippen LogP contribution in [0.15, 0.2) is 67.0 Å². The number of anilines is 4. The number of nitrogens with zero attached hydrogens (tertiary/aromatic N) is 9. The van der Waals surface area contributed by atoms with E-state index in [4.69, 9.17) is 16.4 Å². The second-order valence-electron chi connectivity index (χ2n) is 22.1. The molecule has 2 aromatic carbocycles. The largest absolute Gasteiger partial charge is 0.507 e. The standard InChI is InChI=1S/C55H70N12O6/c1-5-36-10-12-37(13-11-36)28-57-51(72)46-24-42(69)34-67(46)52(73)48(54(3,4)18-23-68)60-50(71)38-14-16-55(17-15-38)26-39(27-55)65-21-19-63(32-35(65)2)40-29-58-53(59-30-40)64-20-22-66-41(33-64)31-56-49-45(66)25-44(61-62-49)43-8-6-7-9-47(43)70/h1,6-13,25,29-30,35,38-39,41-42,46,48,68-70H,14-24,26-28,31-34H2,2-4H3,(H,56,62)(H,57,72)(H,60,71)/t35-,38?,39?,41-,42+,46-,48+,55?/m0/s1. The van der Waals surface area contributed by atoms with Gasteiger partial charge in [-0.25, -0.2) is 9.97 Å². The van der Waals surface area contributed by atoms with Crippen molar-refractivity contribution in [2.24, 2.45) is 16.7 Å². The Morgan fingerprint density at radius 1 is 0.932 bits per heavy atom. The van der Waals surface area contributed by atoms with Crippen LogP contribution in [0.4, 0.5) is 23.1 Å². The van der Waals surface area contributed by atoms with Crippen LogP contribution in [-0.2, 0) is 20.9 Å². The predicted octanol–water partition coefficient (Wildman–Crippen LogP) is 3.76. The third-order valence-corrected chi connectivity index (χ3v) is 16.9. The molecule has 3 amide bonds. The molecule has 5 fully saturated rings. The van der Waals surface area contributed by atoms with Crippen LogP contribution < -0.4 is 30.7 Å². The van der Waals surface area contributed by atoms with Crippen molar-refractivity contribution in [1.82, 2.24) is 40.6 Å². The first-order valence-corrected chi connectivity index (χ1v) is 26.2. The molecule has 2 aromatic heterocycles. The smallest absolute Gasteiger partial charge is 0.246 e. The Labute approximate surface area is 428 Å². The predicted molar refractivity (Wildman–Crippen MR) is 279 cm³/mol. The van der Waals surface area contributed by atoms with Crippen molar-refractivity contribution < 1.29 is 29.7 Å². The number of β-amino-alcohol motifs (C(OH)–C–C–N with tert-alkyl or cyclic N) is 1. The van der Waals surface area contributed by atoms with E-state index in [0.717, 1.165) is 119 Å². The Kier molecular flexibility index (Phi) is 14.2. The van der Waals surface area contributed by atoms with Gasteiger partial charge in [0.15, 0.2) is 5.82 Å². The molecule has 2 aliphatic carbocycles. The number of fused-ring (bicyclic) bond motifs is 3. The topological polar surface area (TPSA) is 216 Å². The van der Waals surface area contributed by atoms with Crippen molar-refractivity contribution in [3.63, 3.8) is 0 Å². The van der Waals surface area contributed by atoms with Crippen molar-refractivity contribution in [3.05, 3.63) is 78.1 Å². The van der Waals surface area contributed by atoms with Crippen LogP contribution in [0.3, 0.4) is 0 Å². The average molecular weight is 995 g/mol. The van der Waals surface area contributed by atoms with Gasteiger partial charge in [0.25, 0.3) is 0 Å². The number of hydrogen-bond acceptors (Lipinski definition) is 15. The summed E-state index contributed by atoms with van der Waals surface area (Å²) in [6, 6.07) is 15.6. The number of likely N-dealkylation sites (tertiary alicyclic amines) is 1. The normalized spacial score (nSPS) is 26.5. The summed E-state index contributed by atoms with van der Waals surface area (Å²) in [6.07, 6.45) is 14.5. The maximum Gasteiger partial charge on any atom is 0.246 e. The summed E-state index contributed by atoms with van der Waals surface area (Å²) in [5.74, 6) is 3.04. The Morgan fingerprint density at radius 2 is 1.67 bits per heavy atom. The fourth-order valence-corrected chi connectivity index (χ4v) is 12.5. The number of para-hydroxylation sites is 1. The van der Waals surface area contributed by atoms with Crippen LogP contribution in [0, 0.1) is 29.1 Å². The van der Waals surface area contributed by atoms with Gasteiger partial charge >= 0.3 is 0 Å². The van der Waals surface area contributed by atoms with Crippen LogP contribution in [-0.4, -0.2) is 158 Å². The highest BCUT2D eigenvalue weighted by atomic mass is 16.3. The third-order valence-electron chi connectivity index (χ3n) is 16.9. The third kappa shape index (κ3) is 10.4. The molecular formula is C55H70N12O6. The van der Waals surface area contributed by atoms with E-state index >= 15 is 0 Å². The van der Waals surface area contributed by atoms with Gasteiger partial charge in [0.2, 0.25) is 23.7 Å². The number of aromatic nitrogens is 4. The number of hydrogen-bond donors (Lipinski definition) is 6. The molecule has 2 saturated carbocycles. The maximum atomic E-state index is 14.4. The van der Waals surface area contributed by atoms with Crippen LogP contribution in [0.2, 0.25) is 0 Å². The molecule has 18 heteroatoms. The molecule has 6 aliphatic rings. The molecule has 0 radical (unpaired) electrons. The second-order valence-corrected chi connectivity index (χ2v) is 22.1. The highest BCUT2D eigenvalue weighted by Crippen LogP contribution is 2.55. The number of amides is 3. The summed E-state index contributed by atoms with van der Waals surface area (Å²) < 4.78 is 0. The second kappa shape index (κ2) is 20.8. The molecule has 3 saturated heterocycles. The van der Waals surface area contributed by atoms with E-state index in [2.05, 4.69) is 58.6 Å². The Morgan fingerprint density at radius 3 is 2.38 bits per heavy atom. The minimum Gasteiger partial charge on any atom is -0.507 e. The number of carbonyl (C=O) groups excluding carboxylic acids is 3. The van der Waals surface area contributed by atoms with E-state index in [1.54, 1.807) is 24.3 Å². The van der Waals surface area contributed by atoms with E-state index in [9.17, 15) is 29.7 Å². The van der Waals surface area contributed by atoms with Crippen LogP contribution in [0.5, 0.6) is 5.75 Å². The van der Waals surface area contributed by atoms with Crippen molar-refractivity contribution in [2.45, 2.75) is 115 Å². The lowest BCUT2D eigenvalue weighted by molar-refractivity contribution is -0.145. The van der Waals surface area contributed by atoms with Gasteiger partial charge in [-0.05, 0) is 98.6 Å². The number of phenolic OH excluding ortho intramolecular Hbond substituents is 1. The number of terminal acetylenes is 1. The van der Waals surface area contributed by atoms with Crippen molar-refractivity contribution >= 4 is 40.9 Å². The SMILES string of the molecule is C#Cc1ccc(CNC(=O)[C@@H]2C[C@@H](O)CN2C(=O)[C@@H](NC(=O)C2CCC3(CC2)CC(N2CCN(c4cnc(N5CCN6c7cc(-c8ccccc8O)nnc7NC[C@H]6C5)nc4)C[C@@H]2C)C3)C(C)(C)CCO)cc1. The molecule has 1 spiro atoms. The molecule has 73 heavy (non-hydrogen) atoms. The molecule has 6 heterocycles. The molecule has 0 bridgehead atoms. The number of aliphatic hydroxyl groups excluding tert-OH is 2. The van der Waals surface area contributed by atoms with Crippen molar-refractivity contribution in [3.8, 4) is 29.4 Å². The van der Waals surface area contributed by atoms with E-state index in [1.807, 2.05) is 56.6 Å². The molecule has 18 nitrogen and oxygen atoms in total. The highest BCUT2D eigenvalue weighted by Gasteiger charge is 2.51. The summed E-state index contributed by atoms with van der Waals surface area (Å²) in [4.78, 5) is 63.0. The van der Waals surface area contributed by atoms with Gasteiger partial charge in [0.05, 0.1) is 41.6 Å². The van der Waals surface area contributed by atoms with Gasteiger partial charge < -0.3 is 50.9 Å². The molecule has 0 unspecified atom stereocenters. The number of carbonyl (C=O) groups is 3. The minimum absolute atomic E-state index is 0.0187. The lowest BCUT2D eigenvalue weighted by atomic mass is 9.56. The first kappa shape index (κ1) is 50.0. The fraction of sp³-hybridized carbons (Fsp3) is 0.545. The maximum absolute atomic E-state index is 14.4. The number of rotatable bonds is 13. The number of nitrogens with one attached hydrogen (secondary N) is 3. The number of aliphatic hydroxyl groups is 2. The summed E-state index contributed by atoms with van der Waals surface area (Å²) in [7, 11) is 0. The molecular weight excluding hydrogens is 925 g/mol. The monoisotopic (exact) mass is 995 g/mol. The molecule has 4 aromatic rings. The lowest BCUT2D eigenvalue weighted by Gasteiger charge is -2.57. The summed E-state index contributed by atoms with van der Waals surface area (Å²) in [5.41, 5.74) is 4.30. The zero-order chi connectivity index (χ0) is 51.0. The van der Waals surface area contributed by atoms with E-state index in [-0.39, 0.29) is 67.5 Å². The highest BCUT2D eigenvalue weighted by molar-refractivity contribution is 5.93. The Hall–Kier alpha value is -6.55. The molecule has 5 atom stereocenters. The van der Waals surface area contributed by atoms with Gasteiger partial charge in [0, 0.05) is 101 Å². The number of piperazine rings is 2. The first-order valence-electron chi connectivity index (χ1n) is 26.2. The quantitative estimate of drug-likeness (QED) is 0.105. The average Bonchev–Trinajstić information content (AvgIpc) is 3.80. The number of benzene rings is 2.